The molecule has 7 nitrogen and oxygen atoms in total. The lowest BCUT2D eigenvalue weighted by Crippen LogP contribution is -2.48. The first kappa shape index (κ1) is 17.4. The highest BCUT2D eigenvalue weighted by molar-refractivity contribution is 5.97. The number of imide groups is 1. The lowest BCUT2D eigenvalue weighted by Gasteiger charge is -2.25. The molecule has 0 spiro atoms. The van der Waals surface area contributed by atoms with Crippen LogP contribution in [0.3, 0.4) is 0 Å². The molecule has 3 amide bonds. The predicted octanol–water partition coefficient (Wildman–Crippen LogP) is 0.106. The van der Waals surface area contributed by atoms with E-state index in [9.17, 15) is 14.4 Å². The summed E-state index contributed by atoms with van der Waals surface area (Å²) in [5.41, 5.74) is -0.726. The van der Waals surface area contributed by atoms with Crippen LogP contribution in [0.15, 0.2) is 0 Å². The van der Waals surface area contributed by atoms with Crippen molar-refractivity contribution >= 4 is 17.9 Å². The average molecular weight is 273 g/mol. The van der Waals surface area contributed by atoms with Crippen molar-refractivity contribution in [3.63, 3.8) is 0 Å². The van der Waals surface area contributed by atoms with Crippen molar-refractivity contribution in [3.8, 4) is 0 Å². The molecule has 0 aliphatic rings. The van der Waals surface area contributed by atoms with Crippen molar-refractivity contribution in [1.82, 2.24) is 15.5 Å². The zero-order valence-electron chi connectivity index (χ0n) is 12.2. The van der Waals surface area contributed by atoms with E-state index >= 15 is 0 Å². The molecule has 0 heterocycles. The van der Waals surface area contributed by atoms with Gasteiger partial charge in [0.05, 0.1) is 6.54 Å². The number of hydrogen-bond acceptors (Lipinski definition) is 5. The first-order chi connectivity index (χ1) is 8.71. The van der Waals surface area contributed by atoms with Gasteiger partial charge in [-0.3, -0.25) is 9.59 Å². The van der Waals surface area contributed by atoms with Gasteiger partial charge in [0.25, 0.3) is 0 Å². The van der Waals surface area contributed by atoms with Gasteiger partial charge in [-0.25, -0.2) is 9.69 Å². The normalized spacial score (nSPS) is 10.8. The fourth-order valence-electron chi connectivity index (χ4n) is 1.21. The highest BCUT2D eigenvalue weighted by atomic mass is 16.6. The summed E-state index contributed by atoms with van der Waals surface area (Å²) in [5, 5.41) is 5.17. The summed E-state index contributed by atoms with van der Waals surface area (Å²) in [6.07, 6.45) is -0.820. The summed E-state index contributed by atoms with van der Waals surface area (Å²) in [6, 6.07) is 0. The molecule has 0 aromatic heterocycles. The topological polar surface area (TPSA) is 87.7 Å². The Kier molecular flexibility index (Phi) is 7.06. The van der Waals surface area contributed by atoms with Gasteiger partial charge < -0.3 is 15.4 Å². The minimum absolute atomic E-state index is 0.0430. The maximum absolute atomic E-state index is 11.9. The number of rotatable bonds is 5. The highest BCUT2D eigenvalue weighted by Crippen LogP contribution is 2.10. The van der Waals surface area contributed by atoms with E-state index in [-0.39, 0.29) is 13.1 Å². The van der Waals surface area contributed by atoms with Gasteiger partial charge in [0.2, 0.25) is 11.8 Å². The monoisotopic (exact) mass is 273 g/mol. The predicted molar refractivity (Wildman–Crippen MR) is 70.6 cm³/mol. The van der Waals surface area contributed by atoms with E-state index in [1.807, 2.05) is 0 Å². The molecule has 7 heteroatoms. The van der Waals surface area contributed by atoms with Crippen molar-refractivity contribution in [2.45, 2.75) is 33.3 Å². The number of amides is 3. The molecule has 0 aromatic carbocycles. The van der Waals surface area contributed by atoms with E-state index < -0.39 is 23.5 Å². The second-order valence-electron chi connectivity index (χ2n) is 4.94. The lowest BCUT2D eigenvalue weighted by molar-refractivity contribution is -0.134. The number of carbonyl (C=O) groups is 3. The van der Waals surface area contributed by atoms with Gasteiger partial charge in [-0.1, -0.05) is 0 Å². The van der Waals surface area contributed by atoms with Gasteiger partial charge in [-0.05, 0) is 34.7 Å². The second-order valence-corrected chi connectivity index (χ2v) is 4.94. The molecule has 0 bridgehead atoms. The molecule has 19 heavy (non-hydrogen) atoms. The fraction of sp³-hybridized carbons (Fsp3) is 0.750. The molecule has 0 aliphatic heterocycles. The summed E-state index contributed by atoms with van der Waals surface area (Å²) >= 11 is 0. The van der Waals surface area contributed by atoms with Gasteiger partial charge in [0.15, 0.2) is 0 Å². The first-order valence-corrected chi connectivity index (χ1v) is 6.16. The van der Waals surface area contributed by atoms with Crippen LogP contribution in [0, 0.1) is 0 Å². The number of nitrogens with zero attached hydrogens (tertiary/aromatic N) is 1. The third-order valence-electron chi connectivity index (χ3n) is 1.92. The Bertz CT molecular complexity index is 336. The molecule has 110 valence electrons. The highest BCUT2D eigenvalue weighted by Gasteiger charge is 2.28. The third kappa shape index (κ3) is 7.40. The first-order valence-electron chi connectivity index (χ1n) is 6.16. The Morgan fingerprint density at radius 3 is 2.21 bits per heavy atom. The number of ether oxygens (including phenoxy) is 1. The Morgan fingerprint density at radius 2 is 1.79 bits per heavy atom. The van der Waals surface area contributed by atoms with Crippen LogP contribution in [0.25, 0.3) is 0 Å². The van der Waals surface area contributed by atoms with Gasteiger partial charge in [-0.15, -0.1) is 0 Å². The summed E-state index contributed by atoms with van der Waals surface area (Å²) in [4.78, 5) is 36.0. The quantitative estimate of drug-likeness (QED) is 0.742. The zero-order chi connectivity index (χ0) is 15.1. The summed E-state index contributed by atoms with van der Waals surface area (Å²) in [6.45, 7) is 6.88. The molecule has 0 radical (unpaired) electrons. The van der Waals surface area contributed by atoms with Crippen LogP contribution in [0.4, 0.5) is 4.79 Å². The second kappa shape index (κ2) is 7.73. The molecule has 0 unspecified atom stereocenters. The van der Waals surface area contributed by atoms with E-state index in [4.69, 9.17) is 4.74 Å². The number of hydrogen-bond donors (Lipinski definition) is 2. The number of carbonyl (C=O) groups excluding carboxylic acids is 3. The van der Waals surface area contributed by atoms with Crippen LogP contribution in [0.1, 0.15) is 27.7 Å². The Hall–Kier alpha value is -1.63. The van der Waals surface area contributed by atoms with Crippen LogP contribution < -0.4 is 10.6 Å². The molecule has 0 aliphatic carbocycles. The summed E-state index contributed by atoms with van der Waals surface area (Å²) in [7, 11) is 1.58. The molecule has 0 rings (SSSR count). The molecule has 0 saturated carbocycles. The number of nitrogens with one attached hydrogen (secondary N) is 2. The molecule has 0 atom stereocenters. The van der Waals surface area contributed by atoms with Crippen LogP contribution in [0.2, 0.25) is 0 Å². The maximum Gasteiger partial charge on any atom is 0.417 e. The fourth-order valence-corrected chi connectivity index (χ4v) is 1.21. The number of likely N-dealkylation sites (N-methyl/N-ethyl adjacent to an activating group) is 2. The molecule has 0 fully saturated rings. The Labute approximate surface area is 113 Å². The standard InChI is InChI=1S/C12H23N3O4/c1-6-14-9(16)8-15(10(17)7-13-5)11(18)19-12(2,3)4/h13H,6-8H2,1-5H3,(H,14,16). The van der Waals surface area contributed by atoms with E-state index in [2.05, 4.69) is 10.6 Å². The lowest BCUT2D eigenvalue weighted by atomic mass is 10.2. The van der Waals surface area contributed by atoms with Gasteiger partial charge in [0, 0.05) is 6.54 Å². The Balaban J connectivity index is 4.80. The van der Waals surface area contributed by atoms with Crippen LogP contribution in [-0.2, 0) is 14.3 Å². The average Bonchev–Trinajstić information content (AvgIpc) is 2.24. The largest absolute Gasteiger partial charge is 0.443 e. The molecule has 2 N–H and O–H groups in total. The zero-order valence-corrected chi connectivity index (χ0v) is 12.2. The van der Waals surface area contributed by atoms with Crippen LogP contribution in [-0.4, -0.2) is 55.1 Å². The Morgan fingerprint density at radius 1 is 1.21 bits per heavy atom. The van der Waals surface area contributed by atoms with Crippen molar-refractivity contribution in [3.05, 3.63) is 0 Å². The van der Waals surface area contributed by atoms with Crippen LogP contribution >= 0.6 is 0 Å². The van der Waals surface area contributed by atoms with Crippen molar-refractivity contribution in [1.29, 1.82) is 0 Å². The maximum atomic E-state index is 11.9. The smallest absolute Gasteiger partial charge is 0.417 e. The summed E-state index contributed by atoms with van der Waals surface area (Å²) in [5.74, 6) is -0.916. The minimum Gasteiger partial charge on any atom is -0.443 e. The van der Waals surface area contributed by atoms with E-state index in [1.165, 1.54) is 0 Å². The van der Waals surface area contributed by atoms with E-state index in [1.54, 1.807) is 34.7 Å². The van der Waals surface area contributed by atoms with Gasteiger partial charge >= 0.3 is 6.09 Å². The minimum atomic E-state index is -0.820. The third-order valence-corrected chi connectivity index (χ3v) is 1.92. The summed E-state index contributed by atoms with van der Waals surface area (Å²) < 4.78 is 5.10. The van der Waals surface area contributed by atoms with Gasteiger partial charge in [0.1, 0.15) is 12.1 Å². The molecule has 0 saturated heterocycles. The molecule has 0 aromatic rings. The van der Waals surface area contributed by atoms with Crippen molar-refractivity contribution in [2.24, 2.45) is 0 Å². The molecular formula is C12H23N3O4. The SMILES string of the molecule is CCNC(=O)CN(C(=O)CNC)C(=O)OC(C)(C)C. The van der Waals surface area contributed by atoms with E-state index in [0.717, 1.165) is 4.90 Å². The van der Waals surface area contributed by atoms with Crippen molar-refractivity contribution < 1.29 is 19.1 Å². The van der Waals surface area contributed by atoms with Gasteiger partial charge in [-0.2, -0.15) is 0 Å². The van der Waals surface area contributed by atoms with E-state index in [0.29, 0.717) is 6.54 Å². The molecular weight excluding hydrogens is 250 g/mol. The van der Waals surface area contributed by atoms with Crippen LogP contribution in [0.5, 0.6) is 0 Å². The van der Waals surface area contributed by atoms with Crippen molar-refractivity contribution in [2.75, 3.05) is 26.7 Å².